The van der Waals surface area contributed by atoms with E-state index in [2.05, 4.69) is 0 Å². The van der Waals surface area contributed by atoms with Crippen molar-refractivity contribution in [2.75, 3.05) is 17.5 Å². The Hall–Kier alpha value is -2.21. The number of ether oxygens (including phenoxy) is 2. The predicted octanol–water partition coefficient (Wildman–Crippen LogP) is 4.40. The van der Waals surface area contributed by atoms with Crippen molar-refractivity contribution < 1.29 is 17.9 Å². The fourth-order valence-corrected chi connectivity index (χ4v) is 5.03. The number of para-hydroxylation sites is 1. The maximum atomic E-state index is 13.4. The van der Waals surface area contributed by atoms with Gasteiger partial charge in [-0.25, -0.2) is 8.42 Å². The molecule has 1 aliphatic heterocycles. The molecule has 0 amide bonds. The molecule has 3 rings (SSSR count). The third-order valence-corrected chi connectivity index (χ3v) is 6.46. The second kappa shape index (κ2) is 8.21. The van der Waals surface area contributed by atoms with Crippen LogP contribution in [0.2, 0.25) is 0 Å². The van der Waals surface area contributed by atoms with Gasteiger partial charge >= 0.3 is 0 Å². The van der Waals surface area contributed by atoms with E-state index in [9.17, 15) is 8.42 Å². The minimum Gasteiger partial charge on any atom is -0.490 e. The third kappa shape index (κ3) is 3.90. The average Bonchev–Trinajstić information content (AvgIpc) is 3.01. The largest absolute Gasteiger partial charge is 0.490 e. The van der Waals surface area contributed by atoms with Crippen LogP contribution in [0.25, 0.3) is 0 Å². The molecule has 1 heterocycles. The lowest BCUT2D eigenvalue weighted by atomic mass is 10.1. The monoisotopic (exact) mass is 389 g/mol. The van der Waals surface area contributed by atoms with Gasteiger partial charge in [-0.15, -0.1) is 0 Å². The van der Waals surface area contributed by atoms with Gasteiger partial charge in [-0.05, 0) is 49.9 Å². The molecule has 2 aromatic rings. The number of sulfonamides is 1. The summed E-state index contributed by atoms with van der Waals surface area (Å²) in [5.74, 6) is 1.06. The van der Waals surface area contributed by atoms with Crippen LogP contribution < -0.4 is 13.8 Å². The Morgan fingerprint density at radius 3 is 2.37 bits per heavy atom. The molecular formula is C21H27NO4S. The van der Waals surface area contributed by atoms with E-state index in [4.69, 9.17) is 9.47 Å². The van der Waals surface area contributed by atoms with E-state index >= 15 is 0 Å². The Bertz CT molecular complexity index is 895. The molecule has 27 heavy (non-hydrogen) atoms. The second-order valence-electron chi connectivity index (χ2n) is 6.79. The quantitative estimate of drug-likeness (QED) is 0.671. The fraction of sp³-hybridized carbons (Fsp3) is 0.429. The fourth-order valence-electron chi connectivity index (χ4n) is 3.32. The van der Waals surface area contributed by atoms with Gasteiger partial charge in [0.05, 0.1) is 23.8 Å². The van der Waals surface area contributed by atoms with Crippen LogP contribution in [0.1, 0.15) is 39.2 Å². The van der Waals surface area contributed by atoms with Gasteiger partial charge in [0.1, 0.15) is 0 Å². The van der Waals surface area contributed by atoms with E-state index in [1.165, 1.54) is 4.31 Å². The van der Waals surface area contributed by atoms with E-state index in [0.29, 0.717) is 31.1 Å². The highest BCUT2D eigenvalue weighted by Crippen LogP contribution is 2.38. The first-order valence-corrected chi connectivity index (χ1v) is 10.9. The van der Waals surface area contributed by atoms with Crippen LogP contribution >= 0.6 is 0 Å². The van der Waals surface area contributed by atoms with Crippen molar-refractivity contribution in [2.45, 2.75) is 51.0 Å². The number of hydrogen-bond donors (Lipinski definition) is 0. The molecule has 6 heteroatoms. The van der Waals surface area contributed by atoms with E-state index in [1.807, 2.05) is 45.0 Å². The Morgan fingerprint density at radius 2 is 1.67 bits per heavy atom. The number of rotatable bonds is 8. The molecule has 0 N–H and O–H groups in total. The van der Waals surface area contributed by atoms with Crippen molar-refractivity contribution in [1.82, 2.24) is 0 Å². The molecule has 2 aromatic carbocycles. The zero-order valence-corrected chi connectivity index (χ0v) is 17.0. The second-order valence-corrected chi connectivity index (χ2v) is 8.60. The first kappa shape index (κ1) is 19.5. The van der Waals surface area contributed by atoms with Crippen molar-refractivity contribution in [3.8, 4) is 11.5 Å². The lowest BCUT2D eigenvalue weighted by molar-refractivity contribution is 0.267. The minimum absolute atomic E-state index is 0.122. The lowest BCUT2D eigenvalue weighted by Crippen LogP contribution is -2.35. The molecular weight excluding hydrogens is 362 g/mol. The Morgan fingerprint density at radius 1 is 1.00 bits per heavy atom. The summed E-state index contributed by atoms with van der Waals surface area (Å²) in [6.07, 6.45) is 2.42. The molecule has 1 aliphatic rings. The van der Waals surface area contributed by atoms with E-state index in [0.717, 1.165) is 24.1 Å². The molecule has 0 fully saturated rings. The van der Waals surface area contributed by atoms with Crippen LogP contribution in [0.5, 0.6) is 11.5 Å². The van der Waals surface area contributed by atoms with Crippen LogP contribution in [0.3, 0.4) is 0 Å². The van der Waals surface area contributed by atoms with Crippen LogP contribution in [0.4, 0.5) is 5.69 Å². The number of hydrogen-bond acceptors (Lipinski definition) is 4. The molecule has 0 aromatic heterocycles. The van der Waals surface area contributed by atoms with Gasteiger partial charge in [0.2, 0.25) is 0 Å². The van der Waals surface area contributed by atoms with Crippen molar-refractivity contribution in [1.29, 1.82) is 0 Å². The molecule has 0 unspecified atom stereocenters. The van der Waals surface area contributed by atoms with Gasteiger partial charge in [-0.2, -0.15) is 0 Å². The van der Waals surface area contributed by atoms with Crippen LogP contribution in [0, 0.1) is 0 Å². The summed E-state index contributed by atoms with van der Waals surface area (Å²) < 4.78 is 39.8. The van der Waals surface area contributed by atoms with Crippen molar-refractivity contribution in [2.24, 2.45) is 0 Å². The van der Waals surface area contributed by atoms with Gasteiger partial charge in [0, 0.05) is 12.1 Å². The van der Waals surface area contributed by atoms with Gasteiger partial charge in [-0.3, -0.25) is 4.31 Å². The van der Waals surface area contributed by atoms with E-state index in [1.54, 1.807) is 18.2 Å². The van der Waals surface area contributed by atoms with Gasteiger partial charge in [0.15, 0.2) is 11.5 Å². The average molecular weight is 390 g/mol. The smallest absolute Gasteiger partial charge is 0.264 e. The number of benzene rings is 2. The molecule has 0 saturated carbocycles. The van der Waals surface area contributed by atoms with Gasteiger partial charge < -0.3 is 9.47 Å². The molecule has 0 spiro atoms. The summed E-state index contributed by atoms with van der Waals surface area (Å²) >= 11 is 0. The summed E-state index contributed by atoms with van der Waals surface area (Å²) in [7, 11) is -3.69. The van der Waals surface area contributed by atoms with Gasteiger partial charge in [-0.1, -0.05) is 32.0 Å². The normalized spacial score (nSPS) is 16.3. The molecule has 0 saturated heterocycles. The number of nitrogens with zero attached hydrogens (tertiary/aromatic N) is 1. The Kier molecular flexibility index (Phi) is 5.95. The van der Waals surface area contributed by atoms with E-state index in [-0.39, 0.29) is 10.9 Å². The third-order valence-electron chi connectivity index (χ3n) is 4.54. The molecule has 1 atom stereocenters. The Balaban J connectivity index is 1.99. The summed E-state index contributed by atoms with van der Waals surface area (Å²) in [5.41, 5.74) is 1.81. The zero-order chi connectivity index (χ0) is 19.4. The summed E-state index contributed by atoms with van der Waals surface area (Å²) in [4.78, 5) is 0.223. The minimum atomic E-state index is -3.69. The zero-order valence-electron chi connectivity index (χ0n) is 16.1. The molecule has 5 nitrogen and oxygen atoms in total. The highest BCUT2D eigenvalue weighted by atomic mass is 32.2. The SMILES string of the molecule is CCCOc1ccc(S(=O)(=O)N2c3ccccc3C[C@H]2C)cc1OCCC. The summed E-state index contributed by atoms with van der Waals surface area (Å²) in [6, 6.07) is 12.4. The topological polar surface area (TPSA) is 55.8 Å². The van der Waals surface area contributed by atoms with Crippen LogP contribution in [0.15, 0.2) is 47.4 Å². The predicted molar refractivity (Wildman–Crippen MR) is 107 cm³/mol. The highest BCUT2D eigenvalue weighted by molar-refractivity contribution is 7.92. The van der Waals surface area contributed by atoms with Crippen LogP contribution in [-0.2, 0) is 16.4 Å². The highest BCUT2D eigenvalue weighted by Gasteiger charge is 2.36. The molecule has 0 bridgehead atoms. The molecule has 0 aliphatic carbocycles. The first-order chi connectivity index (χ1) is 13.0. The lowest BCUT2D eigenvalue weighted by Gasteiger charge is -2.25. The van der Waals surface area contributed by atoms with Crippen molar-refractivity contribution in [3.63, 3.8) is 0 Å². The molecule has 146 valence electrons. The first-order valence-electron chi connectivity index (χ1n) is 9.51. The van der Waals surface area contributed by atoms with Gasteiger partial charge in [0.25, 0.3) is 10.0 Å². The summed E-state index contributed by atoms with van der Waals surface area (Å²) in [5, 5.41) is 0. The number of anilines is 1. The van der Waals surface area contributed by atoms with Crippen molar-refractivity contribution in [3.05, 3.63) is 48.0 Å². The summed E-state index contributed by atoms with van der Waals surface area (Å²) in [6.45, 7) is 7.04. The van der Waals surface area contributed by atoms with Crippen molar-refractivity contribution >= 4 is 15.7 Å². The van der Waals surface area contributed by atoms with E-state index < -0.39 is 10.0 Å². The maximum Gasteiger partial charge on any atom is 0.264 e. The maximum absolute atomic E-state index is 13.4. The number of fused-ring (bicyclic) bond motifs is 1. The standard InChI is InChI=1S/C21H27NO4S/c1-4-12-25-20-11-10-18(15-21(20)26-13-5-2)27(23,24)22-16(3)14-17-8-6-7-9-19(17)22/h6-11,15-16H,4-5,12-14H2,1-3H3/t16-/m1/s1. The Labute approximate surface area is 162 Å². The van der Waals surface area contributed by atoms with Crippen LogP contribution in [-0.4, -0.2) is 27.7 Å². The molecule has 0 radical (unpaired) electrons.